The van der Waals surface area contributed by atoms with Crippen LogP contribution in [0.4, 0.5) is 5.82 Å². The Kier molecular flexibility index (Phi) is 3.54. The van der Waals surface area contributed by atoms with Gasteiger partial charge in [0.15, 0.2) is 5.65 Å². The average Bonchev–Trinajstić information content (AvgIpc) is 2.80. The van der Waals surface area contributed by atoms with Crippen molar-refractivity contribution in [1.29, 1.82) is 0 Å². The van der Waals surface area contributed by atoms with E-state index in [2.05, 4.69) is 24.9 Å². The number of anilines is 1. The summed E-state index contributed by atoms with van der Waals surface area (Å²) in [5, 5.41) is 15.2. The van der Waals surface area contributed by atoms with Crippen molar-refractivity contribution in [2.24, 2.45) is 7.05 Å². The van der Waals surface area contributed by atoms with Gasteiger partial charge in [0.1, 0.15) is 12.1 Å². The quantitative estimate of drug-likeness (QED) is 0.874. The van der Waals surface area contributed by atoms with Crippen LogP contribution in [-0.2, 0) is 7.05 Å². The Morgan fingerprint density at radius 2 is 1.90 bits per heavy atom. The van der Waals surface area contributed by atoms with Gasteiger partial charge in [0.05, 0.1) is 17.2 Å². The molecule has 21 heavy (non-hydrogen) atoms. The van der Waals surface area contributed by atoms with Gasteiger partial charge in [0.25, 0.3) is 0 Å². The second kappa shape index (κ2) is 5.23. The predicted octanol–water partition coefficient (Wildman–Crippen LogP) is 0.256. The fourth-order valence-corrected chi connectivity index (χ4v) is 2.87. The van der Waals surface area contributed by atoms with Gasteiger partial charge in [-0.3, -0.25) is 9.58 Å². The van der Waals surface area contributed by atoms with Crippen molar-refractivity contribution in [1.82, 2.24) is 24.6 Å². The molecule has 0 spiro atoms. The van der Waals surface area contributed by atoms with Crippen LogP contribution in [0.3, 0.4) is 0 Å². The van der Waals surface area contributed by atoms with E-state index in [9.17, 15) is 5.11 Å². The van der Waals surface area contributed by atoms with Gasteiger partial charge < -0.3 is 10.0 Å². The van der Waals surface area contributed by atoms with E-state index in [4.69, 9.17) is 0 Å². The first kappa shape index (κ1) is 14.2. The number of nitrogens with zero attached hydrogens (tertiary/aromatic N) is 6. The van der Waals surface area contributed by atoms with Crippen molar-refractivity contribution >= 4 is 16.9 Å². The van der Waals surface area contributed by atoms with Crippen molar-refractivity contribution in [2.75, 3.05) is 37.6 Å². The van der Waals surface area contributed by atoms with E-state index in [1.807, 2.05) is 27.1 Å². The second-order valence-corrected chi connectivity index (χ2v) is 6.28. The smallest absolute Gasteiger partial charge is 0.163 e. The zero-order valence-electron chi connectivity index (χ0n) is 12.8. The van der Waals surface area contributed by atoms with Crippen LogP contribution in [0.15, 0.2) is 12.5 Å². The molecular formula is C14H22N6O. The summed E-state index contributed by atoms with van der Waals surface area (Å²) >= 11 is 0. The Balaban J connectivity index is 1.74. The molecule has 0 aromatic carbocycles. The Labute approximate surface area is 124 Å². The molecule has 0 saturated carbocycles. The first-order valence-electron chi connectivity index (χ1n) is 7.26. The summed E-state index contributed by atoms with van der Waals surface area (Å²) in [7, 11) is 1.89. The SMILES string of the molecule is Cn1ncc2c(N3CCN(CC(C)(C)O)CC3)ncnc21. The van der Waals surface area contributed by atoms with Crippen molar-refractivity contribution < 1.29 is 5.11 Å². The zero-order chi connectivity index (χ0) is 15.0. The van der Waals surface area contributed by atoms with Gasteiger partial charge in [0, 0.05) is 39.8 Å². The fourth-order valence-electron chi connectivity index (χ4n) is 2.87. The van der Waals surface area contributed by atoms with Crippen LogP contribution >= 0.6 is 0 Å². The molecule has 0 bridgehead atoms. The Hall–Kier alpha value is -1.73. The molecule has 7 nitrogen and oxygen atoms in total. The predicted molar refractivity (Wildman–Crippen MR) is 81.3 cm³/mol. The third-order valence-corrected chi connectivity index (χ3v) is 3.79. The number of hydrogen-bond acceptors (Lipinski definition) is 6. The first-order valence-corrected chi connectivity index (χ1v) is 7.26. The van der Waals surface area contributed by atoms with Crippen LogP contribution in [-0.4, -0.2) is 68.1 Å². The summed E-state index contributed by atoms with van der Waals surface area (Å²) < 4.78 is 1.77. The maximum absolute atomic E-state index is 9.91. The summed E-state index contributed by atoms with van der Waals surface area (Å²) in [5.41, 5.74) is 0.215. The van der Waals surface area contributed by atoms with Crippen molar-refractivity contribution in [3.63, 3.8) is 0 Å². The number of hydrogen-bond donors (Lipinski definition) is 1. The van der Waals surface area contributed by atoms with Gasteiger partial charge in [-0.25, -0.2) is 9.97 Å². The van der Waals surface area contributed by atoms with Gasteiger partial charge in [-0.05, 0) is 13.8 Å². The van der Waals surface area contributed by atoms with Gasteiger partial charge >= 0.3 is 0 Å². The number of β-amino-alcohol motifs (C(OH)–C–C–N with tert-alkyl or cyclic N) is 1. The summed E-state index contributed by atoms with van der Waals surface area (Å²) in [6, 6.07) is 0. The highest BCUT2D eigenvalue weighted by atomic mass is 16.3. The van der Waals surface area contributed by atoms with E-state index in [1.54, 1.807) is 11.0 Å². The minimum Gasteiger partial charge on any atom is -0.389 e. The second-order valence-electron chi connectivity index (χ2n) is 6.28. The van der Waals surface area contributed by atoms with E-state index in [0.29, 0.717) is 6.54 Å². The lowest BCUT2D eigenvalue weighted by Crippen LogP contribution is -2.50. The summed E-state index contributed by atoms with van der Waals surface area (Å²) in [5.74, 6) is 0.955. The van der Waals surface area contributed by atoms with Crippen LogP contribution < -0.4 is 4.90 Å². The molecule has 1 aliphatic heterocycles. The standard InChI is InChI=1S/C14H22N6O/c1-14(2,21)9-19-4-6-20(7-5-19)13-11-8-17-18(3)12(11)15-10-16-13/h8,10,21H,4-7,9H2,1-3H3. The molecule has 1 aliphatic rings. The highest BCUT2D eigenvalue weighted by Gasteiger charge is 2.24. The largest absolute Gasteiger partial charge is 0.389 e. The van der Waals surface area contributed by atoms with Crippen molar-refractivity contribution in [3.8, 4) is 0 Å². The molecule has 0 radical (unpaired) electrons. The Morgan fingerprint density at radius 1 is 1.19 bits per heavy atom. The minimum atomic E-state index is -0.645. The van der Waals surface area contributed by atoms with E-state index >= 15 is 0 Å². The number of aliphatic hydroxyl groups is 1. The van der Waals surface area contributed by atoms with Crippen LogP contribution in [0.25, 0.3) is 11.0 Å². The molecule has 3 heterocycles. The lowest BCUT2D eigenvalue weighted by molar-refractivity contribution is 0.0345. The zero-order valence-corrected chi connectivity index (χ0v) is 12.8. The van der Waals surface area contributed by atoms with Gasteiger partial charge in [-0.15, -0.1) is 0 Å². The highest BCUT2D eigenvalue weighted by Crippen LogP contribution is 2.23. The van der Waals surface area contributed by atoms with Crippen LogP contribution in [0.1, 0.15) is 13.8 Å². The fraction of sp³-hybridized carbons (Fsp3) is 0.643. The molecule has 114 valence electrons. The molecule has 2 aromatic rings. The lowest BCUT2D eigenvalue weighted by atomic mass is 10.1. The topological polar surface area (TPSA) is 70.3 Å². The molecule has 0 atom stereocenters. The van der Waals surface area contributed by atoms with Gasteiger partial charge in [0.2, 0.25) is 0 Å². The third-order valence-electron chi connectivity index (χ3n) is 3.79. The molecule has 1 saturated heterocycles. The van der Waals surface area contributed by atoms with E-state index in [0.717, 1.165) is 43.0 Å². The molecule has 0 amide bonds. The lowest BCUT2D eigenvalue weighted by Gasteiger charge is -2.37. The third kappa shape index (κ3) is 2.98. The number of piperazine rings is 1. The van der Waals surface area contributed by atoms with E-state index in [1.165, 1.54) is 0 Å². The molecule has 0 unspecified atom stereocenters. The van der Waals surface area contributed by atoms with Crippen molar-refractivity contribution in [2.45, 2.75) is 19.4 Å². The molecule has 0 aliphatic carbocycles. The van der Waals surface area contributed by atoms with E-state index < -0.39 is 5.60 Å². The molecule has 1 fully saturated rings. The molecule has 1 N–H and O–H groups in total. The Bertz CT molecular complexity index is 624. The Morgan fingerprint density at radius 3 is 2.57 bits per heavy atom. The number of aromatic nitrogens is 4. The molecule has 2 aromatic heterocycles. The van der Waals surface area contributed by atoms with Gasteiger partial charge in [-0.1, -0.05) is 0 Å². The monoisotopic (exact) mass is 290 g/mol. The van der Waals surface area contributed by atoms with Crippen LogP contribution in [0.2, 0.25) is 0 Å². The maximum Gasteiger partial charge on any atom is 0.163 e. The molecule has 3 rings (SSSR count). The maximum atomic E-state index is 9.91. The number of aryl methyl sites for hydroxylation is 1. The number of fused-ring (bicyclic) bond motifs is 1. The summed E-state index contributed by atoms with van der Waals surface area (Å²) in [6.07, 6.45) is 3.43. The molecule has 7 heteroatoms. The van der Waals surface area contributed by atoms with E-state index in [-0.39, 0.29) is 0 Å². The summed E-state index contributed by atoms with van der Waals surface area (Å²) in [4.78, 5) is 13.3. The van der Waals surface area contributed by atoms with Crippen molar-refractivity contribution in [3.05, 3.63) is 12.5 Å². The normalized spacial score (nSPS) is 17.6. The highest BCUT2D eigenvalue weighted by molar-refractivity contribution is 5.86. The summed E-state index contributed by atoms with van der Waals surface area (Å²) in [6.45, 7) is 8.05. The first-order chi connectivity index (χ1) is 9.94. The minimum absolute atomic E-state index is 0.645. The average molecular weight is 290 g/mol. The number of rotatable bonds is 3. The van der Waals surface area contributed by atoms with Crippen LogP contribution in [0, 0.1) is 0 Å². The van der Waals surface area contributed by atoms with Crippen LogP contribution in [0.5, 0.6) is 0 Å². The van der Waals surface area contributed by atoms with Gasteiger partial charge in [-0.2, -0.15) is 5.10 Å². The molecular weight excluding hydrogens is 268 g/mol.